The van der Waals surface area contributed by atoms with Crippen molar-refractivity contribution in [2.45, 2.75) is 12.7 Å². The van der Waals surface area contributed by atoms with Crippen molar-refractivity contribution < 1.29 is 17.6 Å². The SMILES string of the molecule is CN1CCN(Cc2coc(-c3ccc(C(F)(F)F)cc3)n2)CC1. The molecule has 2 heterocycles. The summed E-state index contributed by atoms with van der Waals surface area (Å²) in [7, 11) is 2.09. The van der Waals surface area contributed by atoms with Crippen LogP contribution in [0.3, 0.4) is 0 Å². The molecule has 1 aliphatic heterocycles. The van der Waals surface area contributed by atoms with Crippen molar-refractivity contribution in [1.82, 2.24) is 14.8 Å². The van der Waals surface area contributed by atoms with Crippen molar-refractivity contribution in [2.24, 2.45) is 0 Å². The van der Waals surface area contributed by atoms with Gasteiger partial charge >= 0.3 is 6.18 Å². The lowest BCUT2D eigenvalue weighted by Gasteiger charge is -2.31. The zero-order valence-corrected chi connectivity index (χ0v) is 12.8. The molecule has 4 nitrogen and oxygen atoms in total. The number of nitrogens with zero attached hydrogens (tertiary/aromatic N) is 3. The van der Waals surface area contributed by atoms with E-state index in [1.54, 1.807) is 6.26 Å². The van der Waals surface area contributed by atoms with Gasteiger partial charge in [0.15, 0.2) is 0 Å². The fraction of sp³-hybridized carbons (Fsp3) is 0.438. The van der Waals surface area contributed by atoms with Crippen LogP contribution in [0.25, 0.3) is 11.5 Å². The molecule has 0 radical (unpaired) electrons. The number of halogens is 3. The second-order valence-corrected chi connectivity index (χ2v) is 5.80. The maximum Gasteiger partial charge on any atom is 0.416 e. The lowest BCUT2D eigenvalue weighted by molar-refractivity contribution is -0.137. The summed E-state index contributed by atoms with van der Waals surface area (Å²) < 4.78 is 43.1. The van der Waals surface area contributed by atoms with Crippen LogP contribution < -0.4 is 0 Å². The van der Waals surface area contributed by atoms with Crippen molar-refractivity contribution in [3.63, 3.8) is 0 Å². The number of hydrogen-bond donors (Lipinski definition) is 0. The van der Waals surface area contributed by atoms with Crippen LogP contribution in [0, 0.1) is 0 Å². The van der Waals surface area contributed by atoms with Gasteiger partial charge in [-0.25, -0.2) is 4.98 Å². The second kappa shape index (κ2) is 6.33. The van der Waals surface area contributed by atoms with Crippen LogP contribution in [-0.4, -0.2) is 48.0 Å². The van der Waals surface area contributed by atoms with Crippen LogP contribution in [0.5, 0.6) is 0 Å². The van der Waals surface area contributed by atoms with E-state index in [9.17, 15) is 13.2 Å². The normalized spacial score (nSPS) is 17.6. The largest absolute Gasteiger partial charge is 0.444 e. The van der Waals surface area contributed by atoms with Gasteiger partial charge in [-0.2, -0.15) is 13.2 Å². The molecule has 0 unspecified atom stereocenters. The van der Waals surface area contributed by atoms with Crippen molar-refractivity contribution in [1.29, 1.82) is 0 Å². The Labute approximate surface area is 132 Å². The lowest BCUT2D eigenvalue weighted by Crippen LogP contribution is -2.43. The Morgan fingerprint density at radius 2 is 1.74 bits per heavy atom. The Kier molecular flexibility index (Phi) is 4.41. The molecule has 0 amide bonds. The van der Waals surface area contributed by atoms with Crippen LogP contribution in [-0.2, 0) is 12.7 Å². The molecule has 124 valence electrons. The number of oxazole rings is 1. The highest BCUT2D eigenvalue weighted by atomic mass is 19.4. The van der Waals surface area contributed by atoms with E-state index < -0.39 is 11.7 Å². The molecular formula is C16H18F3N3O. The molecule has 0 bridgehead atoms. The topological polar surface area (TPSA) is 32.5 Å². The summed E-state index contributed by atoms with van der Waals surface area (Å²) in [6.45, 7) is 4.67. The molecular weight excluding hydrogens is 307 g/mol. The number of likely N-dealkylation sites (N-methyl/N-ethyl adjacent to an activating group) is 1. The highest BCUT2D eigenvalue weighted by Crippen LogP contribution is 2.30. The maximum absolute atomic E-state index is 12.6. The molecule has 1 saturated heterocycles. The van der Waals surface area contributed by atoms with Crippen molar-refractivity contribution in [2.75, 3.05) is 33.2 Å². The average Bonchev–Trinajstić information content (AvgIpc) is 2.97. The van der Waals surface area contributed by atoms with E-state index >= 15 is 0 Å². The van der Waals surface area contributed by atoms with Crippen LogP contribution in [0.1, 0.15) is 11.3 Å². The number of rotatable bonds is 3. The molecule has 2 aromatic rings. The highest BCUT2D eigenvalue weighted by molar-refractivity contribution is 5.53. The predicted octanol–water partition coefficient (Wildman–Crippen LogP) is 3.11. The first-order valence-corrected chi connectivity index (χ1v) is 7.45. The fourth-order valence-electron chi connectivity index (χ4n) is 2.55. The predicted molar refractivity (Wildman–Crippen MR) is 79.7 cm³/mol. The summed E-state index contributed by atoms with van der Waals surface area (Å²) in [5.41, 5.74) is 0.664. The Morgan fingerprint density at radius 3 is 2.35 bits per heavy atom. The molecule has 1 aromatic carbocycles. The number of alkyl halides is 3. The minimum absolute atomic E-state index is 0.350. The van der Waals surface area contributed by atoms with Crippen LogP contribution >= 0.6 is 0 Å². The molecule has 1 fully saturated rings. The van der Waals surface area contributed by atoms with E-state index in [1.807, 2.05) is 0 Å². The van der Waals surface area contributed by atoms with Gasteiger partial charge in [0.2, 0.25) is 5.89 Å². The second-order valence-electron chi connectivity index (χ2n) is 5.80. The van der Waals surface area contributed by atoms with E-state index in [0.717, 1.165) is 44.0 Å². The maximum atomic E-state index is 12.6. The zero-order valence-electron chi connectivity index (χ0n) is 12.8. The summed E-state index contributed by atoms with van der Waals surface area (Å²) in [6, 6.07) is 4.85. The lowest BCUT2D eigenvalue weighted by atomic mass is 10.1. The quantitative estimate of drug-likeness (QED) is 0.868. The smallest absolute Gasteiger partial charge is 0.416 e. The van der Waals surface area contributed by atoms with Crippen molar-refractivity contribution in [3.05, 3.63) is 41.8 Å². The summed E-state index contributed by atoms with van der Waals surface area (Å²) in [4.78, 5) is 8.94. The Balaban J connectivity index is 1.67. The molecule has 23 heavy (non-hydrogen) atoms. The molecule has 3 rings (SSSR count). The standard InChI is InChI=1S/C16H18F3N3O/c1-21-6-8-22(9-7-21)10-14-11-23-15(20-14)12-2-4-13(5-3-12)16(17,18)19/h2-5,11H,6-10H2,1H3. The molecule has 0 saturated carbocycles. The summed E-state index contributed by atoms with van der Waals surface area (Å²) in [6.07, 6.45) is -2.76. The van der Waals surface area contributed by atoms with Gasteiger partial charge in [0.05, 0.1) is 11.3 Å². The molecule has 1 aliphatic rings. The van der Waals surface area contributed by atoms with Gasteiger partial charge < -0.3 is 9.32 Å². The van der Waals surface area contributed by atoms with Crippen LogP contribution in [0.15, 0.2) is 34.9 Å². The molecule has 1 aromatic heterocycles. The van der Waals surface area contributed by atoms with Crippen LogP contribution in [0.2, 0.25) is 0 Å². The Morgan fingerprint density at radius 1 is 1.09 bits per heavy atom. The van der Waals surface area contributed by atoms with Gasteiger partial charge in [0.25, 0.3) is 0 Å². The first-order chi connectivity index (χ1) is 10.9. The Bertz CT molecular complexity index is 643. The summed E-state index contributed by atoms with van der Waals surface area (Å²) >= 11 is 0. The number of hydrogen-bond acceptors (Lipinski definition) is 4. The zero-order chi connectivity index (χ0) is 16.4. The van der Waals surface area contributed by atoms with Gasteiger partial charge in [0, 0.05) is 38.3 Å². The Hall–Kier alpha value is -1.86. The van der Waals surface area contributed by atoms with E-state index in [1.165, 1.54) is 12.1 Å². The van der Waals surface area contributed by atoms with Gasteiger partial charge in [-0.15, -0.1) is 0 Å². The molecule has 0 spiro atoms. The first kappa shape index (κ1) is 16.0. The molecule has 0 atom stereocenters. The fourth-order valence-corrected chi connectivity index (χ4v) is 2.55. The molecule has 0 aliphatic carbocycles. The first-order valence-electron chi connectivity index (χ1n) is 7.45. The number of benzene rings is 1. The summed E-state index contributed by atoms with van der Waals surface area (Å²) in [5, 5.41) is 0. The monoisotopic (exact) mass is 325 g/mol. The van der Waals surface area contributed by atoms with Crippen molar-refractivity contribution in [3.8, 4) is 11.5 Å². The minimum Gasteiger partial charge on any atom is -0.444 e. The summed E-state index contributed by atoms with van der Waals surface area (Å²) in [5.74, 6) is 0.350. The minimum atomic E-state index is -4.33. The van der Waals surface area contributed by atoms with E-state index in [0.29, 0.717) is 18.0 Å². The van der Waals surface area contributed by atoms with Gasteiger partial charge in [-0.05, 0) is 31.3 Å². The third kappa shape index (κ3) is 3.92. The van der Waals surface area contributed by atoms with Crippen molar-refractivity contribution >= 4 is 0 Å². The third-order valence-corrected chi connectivity index (χ3v) is 3.99. The van der Waals surface area contributed by atoms with Gasteiger partial charge in [-0.3, -0.25) is 4.90 Å². The molecule has 0 N–H and O–H groups in total. The van der Waals surface area contributed by atoms with Crippen LogP contribution in [0.4, 0.5) is 13.2 Å². The van der Waals surface area contributed by atoms with E-state index in [2.05, 4.69) is 21.8 Å². The van der Waals surface area contributed by atoms with E-state index in [-0.39, 0.29) is 0 Å². The van der Waals surface area contributed by atoms with Gasteiger partial charge in [0.1, 0.15) is 6.26 Å². The third-order valence-electron chi connectivity index (χ3n) is 3.99. The molecule has 7 heteroatoms. The number of aromatic nitrogens is 1. The highest BCUT2D eigenvalue weighted by Gasteiger charge is 2.30. The average molecular weight is 325 g/mol. The number of piperazine rings is 1. The van der Waals surface area contributed by atoms with E-state index in [4.69, 9.17) is 4.42 Å². The van der Waals surface area contributed by atoms with Gasteiger partial charge in [-0.1, -0.05) is 0 Å².